The van der Waals surface area contributed by atoms with Gasteiger partial charge in [0.25, 0.3) is 14.1 Å². The van der Waals surface area contributed by atoms with Crippen molar-refractivity contribution in [2.24, 2.45) is 0 Å². The molecule has 3 heteroatoms. The molecule has 0 saturated carbocycles. The molecule has 15 heavy (non-hydrogen) atoms. The van der Waals surface area contributed by atoms with E-state index in [0.717, 1.165) is 0 Å². The van der Waals surface area contributed by atoms with Crippen molar-refractivity contribution in [1.29, 1.82) is 0 Å². The van der Waals surface area contributed by atoms with E-state index in [9.17, 15) is 0 Å². The van der Waals surface area contributed by atoms with Gasteiger partial charge < -0.3 is 10.2 Å². The fraction of sp³-hybridized carbons (Fsp3) is 1.00. The summed E-state index contributed by atoms with van der Waals surface area (Å²) in [4.78, 5) is 0. The largest absolute Gasteiger partial charge is 0.394 e. The molecule has 2 nitrogen and oxygen atoms in total. The Labute approximate surface area is 101 Å². The van der Waals surface area contributed by atoms with Gasteiger partial charge in [-0.2, -0.15) is 0 Å². The van der Waals surface area contributed by atoms with Crippen molar-refractivity contribution in [3.8, 4) is 0 Å². The Morgan fingerprint density at radius 2 is 0.867 bits per heavy atom. The van der Waals surface area contributed by atoms with E-state index in [2.05, 4.69) is 32.3 Å². The Bertz CT molecular complexity index is 104. The van der Waals surface area contributed by atoms with Crippen molar-refractivity contribution in [2.45, 2.75) is 76.5 Å². The van der Waals surface area contributed by atoms with Crippen LogP contribution in [0.4, 0.5) is 0 Å². The van der Waals surface area contributed by atoms with Crippen LogP contribution in [0.5, 0.6) is 0 Å². The lowest BCUT2D eigenvalue weighted by molar-refractivity contribution is 0.215. The highest BCUT2D eigenvalue weighted by Gasteiger charge is 2.19. The summed E-state index contributed by atoms with van der Waals surface area (Å²) in [5, 5.41) is 16.1. The van der Waals surface area contributed by atoms with E-state index in [0.29, 0.717) is 4.28 Å². The van der Waals surface area contributed by atoms with E-state index in [1.165, 1.54) is 0 Å². The van der Waals surface area contributed by atoms with Gasteiger partial charge in [0.2, 0.25) is 0 Å². The van der Waals surface area contributed by atoms with Crippen LogP contribution in [0.15, 0.2) is 0 Å². The maximum Gasteiger partial charge on any atom is 0.261 e. The van der Waals surface area contributed by atoms with Crippen molar-refractivity contribution in [1.82, 2.24) is 0 Å². The van der Waals surface area contributed by atoms with Crippen molar-refractivity contribution >= 4 is 14.1 Å². The molecule has 0 heterocycles. The fourth-order valence-corrected chi connectivity index (χ4v) is 0. The lowest BCUT2D eigenvalue weighted by Crippen LogP contribution is -2.16. The van der Waals surface area contributed by atoms with Crippen LogP contribution in [0.2, 0.25) is 15.8 Å². The Balaban J connectivity index is -0.000000155. The molecular weight excluding hydrogens is 203 g/mol. The second-order valence-corrected chi connectivity index (χ2v) is 9.75. The van der Waals surface area contributed by atoms with Gasteiger partial charge in [0.05, 0.1) is 0 Å². The monoisotopic (exact) mass is 234 g/mol. The molecule has 0 saturated heterocycles. The summed E-state index contributed by atoms with van der Waals surface area (Å²) < 4.78 is 0.639. The van der Waals surface area contributed by atoms with E-state index < -0.39 is 0 Å². The minimum absolute atomic E-state index is 0.167. The van der Waals surface area contributed by atoms with Gasteiger partial charge in [-0.15, -0.1) is 11.6 Å². The van der Waals surface area contributed by atoms with E-state index in [4.69, 9.17) is 10.2 Å². The maximum atomic E-state index is 8.06. The predicted octanol–water partition coefficient (Wildman–Crippen LogP) is 3.32. The average molecular weight is 234 g/mol. The molecule has 0 rings (SSSR count). The second kappa shape index (κ2) is 11.0. The highest BCUT2D eigenvalue weighted by Crippen LogP contribution is 2.25. The van der Waals surface area contributed by atoms with E-state index in [1.807, 2.05) is 0 Å². The quantitative estimate of drug-likeness (QED) is 0.631. The molecule has 94 valence electrons. The molecule has 0 amide bonds. The third-order valence-electron chi connectivity index (χ3n) is 1.73. The number of rotatable bonds is 0. The molecule has 0 spiro atoms. The molecule has 0 aliphatic rings. The number of hydrogen-bond acceptors (Lipinski definition) is 2. The van der Waals surface area contributed by atoms with Crippen LogP contribution >= 0.6 is 0 Å². The molecule has 0 aromatic heterocycles. The van der Waals surface area contributed by atoms with Crippen molar-refractivity contribution < 1.29 is 10.2 Å². The summed E-state index contributed by atoms with van der Waals surface area (Å²) in [6.45, 7) is 13.9. The lowest BCUT2D eigenvalue weighted by atomic mass is 10.2. The SMILES string of the molecule is CC(C)O.CC(C)O.[CH3][Al]([CH3])[C](C)(C)C. The molecule has 0 atom stereocenters. The van der Waals surface area contributed by atoms with Crippen LogP contribution in [0, 0.1) is 0 Å². The summed E-state index contributed by atoms with van der Waals surface area (Å²) in [5.41, 5.74) is 0. The summed E-state index contributed by atoms with van der Waals surface area (Å²) in [6.07, 6.45) is -0.333. The fourth-order valence-electron chi connectivity index (χ4n) is 0. The van der Waals surface area contributed by atoms with Gasteiger partial charge in [-0.3, -0.25) is 0 Å². The summed E-state index contributed by atoms with van der Waals surface area (Å²) in [5.74, 6) is 4.78. The van der Waals surface area contributed by atoms with Crippen molar-refractivity contribution in [3.05, 3.63) is 0 Å². The Morgan fingerprint density at radius 1 is 0.800 bits per heavy atom. The molecule has 2 N–H and O–H groups in total. The molecule has 0 fully saturated rings. The highest BCUT2D eigenvalue weighted by molar-refractivity contribution is 6.59. The van der Waals surface area contributed by atoms with Crippen LogP contribution in [-0.2, 0) is 0 Å². The first-order valence-corrected chi connectivity index (χ1v) is 8.66. The number of aliphatic hydroxyl groups excluding tert-OH is 2. The van der Waals surface area contributed by atoms with Crippen LogP contribution < -0.4 is 0 Å². The van der Waals surface area contributed by atoms with Gasteiger partial charge in [0, 0.05) is 12.2 Å². The number of aliphatic hydroxyl groups is 2. The minimum atomic E-state index is -0.359. The molecule has 0 aromatic rings. The highest BCUT2D eigenvalue weighted by atomic mass is 27.2. The third-order valence-corrected chi connectivity index (χ3v) is 5.20. The molecule has 0 aliphatic carbocycles. The zero-order chi connectivity index (χ0) is 13.2. The first kappa shape index (κ1) is 20.8. The molecule has 0 radical (unpaired) electrons. The van der Waals surface area contributed by atoms with Crippen LogP contribution in [0.3, 0.4) is 0 Å². The standard InChI is InChI=1S/C4H9.2C3H8O.2CH3.Al/c1-4(2)3;2*1-3(2)4;;;/h1-3H3;2*3-4H,1-2H3;2*1H3;. The van der Waals surface area contributed by atoms with Crippen molar-refractivity contribution in [2.75, 3.05) is 0 Å². The van der Waals surface area contributed by atoms with Crippen LogP contribution in [0.1, 0.15) is 48.5 Å². The first-order chi connectivity index (χ1) is 6.41. The van der Waals surface area contributed by atoms with Crippen LogP contribution in [0.25, 0.3) is 0 Å². The van der Waals surface area contributed by atoms with Gasteiger partial charge in [0.1, 0.15) is 0 Å². The van der Waals surface area contributed by atoms with Gasteiger partial charge in [-0.05, 0) is 27.7 Å². The maximum absolute atomic E-state index is 8.06. The third kappa shape index (κ3) is 53.8. The Hall–Kier alpha value is 0.452. The molecule has 0 aliphatic heterocycles. The molecule has 0 bridgehead atoms. The van der Waals surface area contributed by atoms with E-state index in [1.54, 1.807) is 27.7 Å². The molecule has 0 unspecified atom stereocenters. The minimum Gasteiger partial charge on any atom is -0.394 e. The zero-order valence-corrected chi connectivity index (χ0v) is 13.3. The Morgan fingerprint density at radius 3 is 0.867 bits per heavy atom. The van der Waals surface area contributed by atoms with Crippen LogP contribution in [-0.4, -0.2) is 36.6 Å². The van der Waals surface area contributed by atoms with Gasteiger partial charge in [-0.1, -0.05) is 25.0 Å². The molecule has 0 aromatic carbocycles. The average Bonchev–Trinajstić information content (AvgIpc) is 1.80. The lowest BCUT2D eigenvalue weighted by Gasteiger charge is -2.18. The smallest absolute Gasteiger partial charge is 0.261 e. The van der Waals surface area contributed by atoms with E-state index in [-0.39, 0.29) is 26.4 Å². The normalized spacial score (nSPS) is 10.2. The summed E-state index contributed by atoms with van der Waals surface area (Å²) in [6, 6.07) is 0. The first-order valence-electron chi connectivity index (χ1n) is 5.77. The summed E-state index contributed by atoms with van der Waals surface area (Å²) >= 11 is -0.359. The van der Waals surface area contributed by atoms with Gasteiger partial charge in [0.15, 0.2) is 0 Å². The van der Waals surface area contributed by atoms with Gasteiger partial charge >= 0.3 is 0 Å². The summed E-state index contributed by atoms with van der Waals surface area (Å²) in [7, 11) is 0. The molecular formula is C12H31AlO2. The second-order valence-electron chi connectivity index (χ2n) is 5.71. The number of hydrogen-bond donors (Lipinski definition) is 2. The topological polar surface area (TPSA) is 40.5 Å². The van der Waals surface area contributed by atoms with E-state index >= 15 is 0 Å². The Kier molecular flexibility index (Phi) is 15.2. The zero-order valence-electron chi connectivity index (χ0n) is 12.1. The predicted molar refractivity (Wildman–Crippen MR) is 71.9 cm³/mol. The van der Waals surface area contributed by atoms with Gasteiger partial charge in [-0.25, -0.2) is 0 Å². The van der Waals surface area contributed by atoms with Crippen molar-refractivity contribution in [3.63, 3.8) is 0 Å².